The maximum atomic E-state index is 12.6. The Labute approximate surface area is 129 Å². The summed E-state index contributed by atoms with van der Waals surface area (Å²) in [6.45, 7) is 1.14. The van der Waals surface area contributed by atoms with E-state index in [0.717, 1.165) is 6.54 Å². The number of nitrogens with two attached hydrogens (primary N) is 2. The summed E-state index contributed by atoms with van der Waals surface area (Å²) in [5.41, 5.74) is 11.8. The van der Waals surface area contributed by atoms with Gasteiger partial charge in [0.2, 0.25) is 0 Å². The Morgan fingerprint density at radius 3 is 2.73 bits per heavy atom. The number of carbonyl (C=O) groups is 2. The van der Waals surface area contributed by atoms with E-state index in [1.165, 1.54) is 12.8 Å². The minimum atomic E-state index is -0.547. The number of amides is 2. The molecule has 2 fully saturated rings. The van der Waals surface area contributed by atoms with E-state index in [-0.39, 0.29) is 18.6 Å². The highest BCUT2D eigenvalue weighted by Crippen LogP contribution is 2.41. The van der Waals surface area contributed by atoms with Gasteiger partial charge in [-0.1, -0.05) is 6.07 Å². The van der Waals surface area contributed by atoms with Gasteiger partial charge in [-0.3, -0.25) is 9.59 Å². The third-order valence-corrected chi connectivity index (χ3v) is 4.39. The van der Waals surface area contributed by atoms with Gasteiger partial charge in [-0.2, -0.15) is 0 Å². The van der Waals surface area contributed by atoms with Crippen molar-refractivity contribution < 1.29 is 14.3 Å². The predicted octanol–water partition coefficient (Wildman–Crippen LogP) is 0.360. The summed E-state index contributed by atoms with van der Waals surface area (Å²) in [5.74, 6) is 1.00. The first-order valence-electron chi connectivity index (χ1n) is 7.60. The van der Waals surface area contributed by atoms with Crippen LogP contribution in [0.2, 0.25) is 0 Å². The number of hydrogen-bond acceptors (Lipinski definition) is 4. The zero-order chi connectivity index (χ0) is 15.7. The normalized spacial score (nSPS) is 24.3. The van der Waals surface area contributed by atoms with E-state index in [2.05, 4.69) is 0 Å². The smallest absolute Gasteiger partial charge is 0.255 e. The van der Waals surface area contributed by atoms with Gasteiger partial charge in [0.05, 0.1) is 0 Å². The van der Waals surface area contributed by atoms with Gasteiger partial charge in [0.15, 0.2) is 6.61 Å². The topological polar surface area (TPSA) is 98.7 Å². The summed E-state index contributed by atoms with van der Waals surface area (Å²) in [6.07, 6.45) is 2.47. The molecule has 1 aromatic carbocycles. The Morgan fingerprint density at radius 1 is 1.27 bits per heavy atom. The van der Waals surface area contributed by atoms with Gasteiger partial charge in [0.1, 0.15) is 5.75 Å². The lowest BCUT2D eigenvalue weighted by Crippen LogP contribution is -2.32. The number of carbonyl (C=O) groups excluding carboxylic acids is 2. The molecule has 1 heterocycles. The van der Waals surface area contributed by atoms with E-state index in [4.69, 9.17) is 16.2 Å². The van der Waals surface area contributed by atoms with Gasteiger partial charge in [0, 0.05) is 24.7 Å². The minimum Gasteiger partial charge on any atom is -0.484 e. The fourth-order valence-corrected chi connectivity index (χ4v) is 3.10. The molecule has 118 valence electrons. The first-order valence-corrected chi connectivity index (χ1v) is 7.60. The molecule has 0 radical (unpaired) electrons. The number of hydrogen-bond donors (Lipinski definition) is 2. The Morgan fingerprint density at radius 2 is 2.05 bits per heavy atom. The largest absolute Gasteiger partial charge is 0.484 e. The van der Waals surface area contributed by atoms with Gasteiger partial charge in [-0.05, 0) is 42.9 Å². The molecule has 1 aromatic rings. The molecule has 6 heteroatoms. The van der Waals surface area contributed by atoms with Crippen LogP contribution in [0.1, 0.15) is 23.2 Å². The molecule has 2 atom stereocenters. The predicted molar refractivity (Wildman–Crippen MR) is 81.2 cm³/mol. The molecule has 1 saturated carbocycles. The second kappa shape index (κ2) is 5.96. The number of rotatable bonds is 5. The lowest BCUT2D eigenvalue weighted by atomic mass is 9.99. The van der Waals surface area contributed by atoms with Crippen LogP contribution in [0.5, 0.6) is 5.75 Å². The van der Waals surface area contributed by atoms with E-state index in [1.54, 1.807) is 24.3 Å². The van der Waals surface area contributed by atoms with E-state index in [0.29, 0.717) is 29.7 Å². The van der Waals surface area contributed by atoms with Crippen molar-refractivity contribution in [2.45, 2.75) is 18.9 Å². The summed E-state index contributed by atoms with van der Waals surface area (Å²) in [6, 6.07) is 6.89. The van der Waals surface area contributed by atoms with Gasteiger partial charge in [-0.15, -0.1) is 0 Å². The standard InChI is InChI=1S/C16H21N3O3/c17-14-8-19(7-13(14)10-4-5-10)16(21)11-2-1-3-12(6-11)22-9-15(18)20/h1-3,6,10,13-14H,4-5,7-9,17H2,(H2,18,20)/t13-,14+/m1/s1. The summed E-state index contributed by atoms with van der Waals surface area (Å²) in [5, 5.41) is 0. The quantitative estimate of drug-likeness (QED) is 0.820. The third kappa shape index (κ3) is 3.22. The zero-order valence-corrected chi connectivity index (χ0v) is 12.4. The SMILES string of the molecule is NC(=O)COc1cccc(C(=O)N2C[C@H](C3CC3)[C@@H](N)C2)c1. The summed E-state index contributed by atoms with van der Waals surface area (Å²) < 4.78 is 5.24. The fraction of sp³-hybridized carbons (Fsp3) is 0.500. The van der Waals surface area contributed by atoms with Crippen LogP contribution in [0.3, 0.4) is 0 Å². The molecule has 2 aliphatic rings. The average Bonchev–Trinajstić information content (AvgIpc) is 3.27. The van der Waals surface area contributed by atoms with Gasteiger partial charge < -0.3 is 21.1 Å². The Bertz CT molecular complexity index is 586. The van der Waals surface area contributed by atoms with Crippen LogP contribution in [0.4, 0.5) is 0 Å². The molecule has 0 aromatic heterocycles. The van der Waals surface area contributed by atoms with Gasteiger partial charge in [-0.25, -0.2) is 0 Å². The number of benzene rings is 1. The van der Waals surface area contributed by atoms with E-state index in [9.17, 15) is 9.59 Å². The molecule has 4 N–H and O–H groups in total. The highest BCUT2D eigenvalue weighted by atomic mass is 16.5. The molecule has 2 amide bonds. The highest BCUT2D eigenvalue weighted by Gasteiger charge is 2.42. The maximum Gasteiger partial charge on any atom is 0.255 e. The second-order valence-electron chi connectivity index (χ2n) is 6.16. The fourth-order valence-electron chi connectivity index (χ4n) is 3.10. The second-order valence-corrected chi connectivity index (χ2v) is 6.16. The Kier molecular flexibility index (Phi) is 4.02. The van der Waals surface area contributed by atoms with Crippen molar-refractivity contribution in [3.05, 3.63) is 29.8 Å². The number of likely N-dealkylation sites (tertiary alicyclic amines) is 1. The van der Waals surface area contributed by atoms with E-state index < -0.39 is 5.91 Å². The van der Waals surface area contributed by atoms with Crippen molar-refractivity contribution >= 4 is 11.8 Å². The van der Waals surface area contributed by atoms with Crippen LogP contribution in [-0.4, -0.2) is 42.5 Å². The maximum absolute atomic E-state index is 12.6. The molecule has 1 saturated heterocycles. The number of primary amides is 1. The summed E-state index contributed by atoms with van der Waals surface area (Å²) in [7, 11) is 0. The van der Waals surface area contributed by atoms with Crippen molar-refractivity contribution in [2.75, 3.05) is 19.7 Å². The first-order chi connectivity index (χ1) is 10.5. The monoisotopic (exact) mass is 303 g/mol. The third-order valence-electron chi connectivity index (χ3n) is 4.39. The first kappa shape index (κ1) is 14.8. The molecule has 0 unspecified atom stereocenters. The van der Waals surface area contributed by atoms with Crippen LogP contribution >= 0.6 is 0 Å². The summed E-state index contributed by atoms with van der Waals surface area (Å²) in [4.78, 5) is 25.2. The van der Waals surface area contributed by atoms with Gasteiger partial charge >= 0.3 is 0 Å². The minimum absolute atomic E-state index is 0.0388. The van der Waals surface area contributed by atoms with Crippen molar-refractivity contribution in [3.8, 4) is 5.75 Å². The van der Waals surface area contributed by atoms with E-state index >= 15 is 0 Å². The lowest BCUT2D eigenvalue weighted by Gasteiger charge is -2.16. The molecule has 3 rings (SSSR count). The van der Waals surface area contributed by atoms with Crippen molar-refractivity contribution in [1.82, 2.24) is 4.90 Å². The zero-order valence-electron chi connectivity index (χ0n) is 12.4. The lowest BCUT2D eigenvalue weighted by molar-refractivity contribution is -0.119. The van der Waals surface area contributed by atoms with Crippen LogP contribution in [-0.2, 0) is 4.79 Å². The van der Waals surface area contributed by atoms with Gasteiger partial charge in [0.25, 0.3) is 11.8 Å². The number of ether oxygens (including phenoxy) is 1. The van der Waals surface area contributed by atoms with Crippen molar-refractivity contribution in [2.24, 2.45) is 23.3 Å². The summed E-state index contributed by atoms with van der Waals surface area (Å²) >= 11 is 0. The Balaban J connectivity index is 1.67. The van der Waals surface area contributed by atoms with E-state index in [1.807, 2.05) is 4.90 Å². The van der Waals surface area contributed by atoms with Crippen LogP contribution in [0.25, 0.3) is 0 Å². The molecule has 22 heavy (non-hydrogen) atoms. The highest BCUT2D eigenvalue weighted by molar-refractivity contribution is 5.94. The average molecular weight is 303 g/mol. The number of nitrogens with zero attached hydrogens (tertiary/aromatic N) is 1. The van der Waals surface area contributed by atoms with Crippen LogP contribution < -0.4 is 16.2 Å². The van der Waals surface area contributed by atoms with Crippen molar-refractivity contribution in [1.29, 1.82) is 0 Å². The molecular formula is C16H21N3O3. The molecule has 1 aliphatic heterocycles. The molecule has 6 nitrogen and oxygen atoms in total. The van der Waals surface area contributed by atoms with Crippen LogP contribution in [0, 0.1) is 11.8 Å². The van der Waals surface area contributed by atoms with Crippen molar-refractivity contribution in [3.63, 3.8) is 0 Å². The van der Waals surface area contributed by atoms with Crippen LogP contribution in [0.15, 0.2) is 24.3 Å². The Hall–Kier alpha value is -2.08. The molecule has 0 bridgehead atoms. The molecule has 1 aliphatic carbocycles. The molecule has 0 spiro atoms. The molecular weight excluding hydrogens is 282 g/mol.